The number of benzene rings is 1. The predicted molar refractivity (Wildman–Crippen MR) is 70.3 cm³/mol. The fourth-order valence-electron chi connectivity index (χ4n) is 2.34. The van der Waals surface area contributed by atoms with Gasteiger partial charge in [0.1, 0.15) is 6.29 Å². The van der Waals surface area contributed by atoms with Gasteiger partial charge in [-0.3, -0.25) is 4.79 Å². The van der Waals surface area contributed by atoms with Crippen LogP contribution in [0.15, 0.2) is 18.2 Å². The zero-order valence-corrected chi connectivity index (χ0v) is 10.5. The minimum Gasteiger partial charge on any atom is -0.394 e. The lowest BCUT2D eigenvalue weighted by atomic mass is 9.99. The summed E-state index contributed by atoms with van der Waals surface area (Å²) in [6.45, 7) is 2.93. The van der Waals surface area contributed by atoms with Gasteiger partial charge in [-0.25, -0.2) is 0 Å². The molecule has 0 saturated heterocycles. The normalized spacial score (nSPS) is 14.4. The maximum Gasteiger partial charge on any atom is 0.150 e. The molecular formula is C14H19NO3. The average molecular weight is 249 g/mol. The van der Waals surface area contributed by atoms with Crippen LogP contribution in [0.1, 0.15) is 22.3 Å². The zero-order chi connectivity index (χ0) is 12.8. The van der Waals surface area contributed by atoms with Crippen LogP contribution in [-0.4, -0.2) is 44.3 Å². The molecule has 0 atom stereocenters. The number of ether oxygens (including phenoxy) is 1. The number of aliphatic hydroxyl groups excluding tert-OH is 1. The highest BCUT2D eigenvalue weighted by atomic mass is 16.5. The minimum atomic E-state index is 0.0687. The molecule has 0 bridgehead atoms. The predicted octanol–water partition coefficient (Wildman–Crippen LogP) is 1.26. The van der Waals surface area contributed by atoms with Crippen LogP contribution in [0, 0.1) is 0 Å². The van der Waals surface area contributed by atoms with Gasteiger partial charge < -0.3 is 14.7 Å². The minimum absolute atomic E-state index is 0.0687. The van der Waals surface area contributed by atoms with E-state index in [0.717, 1.165) is 37.8 Å². The van der Waals surface area contributed by atoms with Gasteiger partial charge in [-0.1, -0.05) is 0 Å². The fourth-order valence-corrected chi connectivity index (χ4v) is 2.34. The van der Waals surface area contributed by atoms with Gasteiger partial charge in [0.05, 0.1) is 19.8 Å². The third kappa shape index (κ3) is 3.09. The van der Waals surface area contributed by atoms with Crippen LogP contribution in [0.3, 0.4) is 0 Å². The monoisotopic (exact) mass is 249 g/mol. The third-order valence-electron chi connectivity index (χ3n) is 3.20. The van der Waals surface area contributed by atoms with Crippen molar-refractivity contribution in [3.05, 3.63) is 29.3 Å². The van der Waals surface area contributed by atoms with Crippen molar-refractivity contribution in [2.45, 2.75) is 12.8 Å². The number of aliphatic hydroxyl groups is 1. The molecule has 1 heterocycles. The second-order valence-electron chi connectivity index (χ2n) is 4.43. The first-order chi connectivity index (χ1) is 8.85. The number of anilines is 1. The van der Waals surface area contributed by atoms with E-state index >= 15 is 0 Å². The first-order valence-corrected chi connectivity index (χ1v) is 6.37. The van der Waals surface area contributed by atoms with Crippen LogP contribution in [0.25, 0.3) is 0 Å². The van der Waals surface area contributed by atoms with Crippen molar-refractivity contribution in [1.82, 2.24) is 0 Å². The van der Waals surface area contributed by atoms with Crippen LogP contribution in [0.5, 0.6) is 0 Å². The highest BCUT2D eigenvalue weighted by Gasteiger charge is 2.16. The zero-order valence-electron chi connectivity index (χ0n) is 10.5. The van der Waals surface area contributed by atoms with Gasteiger partial charge in [0.15, 0.2) is 0 Å². The van der Waals surface area contributed by atoms with E-state index in [1.54, 1.807) is 0 Å². The quantitative estimate of drug-likeness (QED) is 0.609. The second-order valence-corrected chi connectivity index (χ2v) is 4.43. The Morgan fingerprint density at radius 2 is 2.28 bits per heavy atom. The summed E-state index contributed by atoms with van der Waals surface area (Å²) >= 11 is 0. The van der Waals surface area contributed by atoms with Crippen LogP contribution < -0.4 is 4.90 Å². The maximum absolute atomic E-state index is 10.8. The average Bonchev–Trinajstić information content (AvgIpc) is 2.43. The molecule has 4 heteroatoms. The Morgan fingerprint density at radius 1 is 1.39 bits per heavy atom. The number of hydrogen-bond donors (Lipinski definition) is 1. The van der Waals surface area contributed by atoms with E-state index in [4.69, 9.17) is 9.84 Å². The molecule has 0 spiro atoms. The number of carbonyl (C=O) groups excluding carboxylic acids is 1. The second kappa shape index (κ2) is 6.52. The Hall–Kier alpha value is -1.39. The molecule has 0 aliphatic carbocycles. The smallest absolute Gasteiger partial charge is 0.150 e. The molecule has 0 amide bonds. The summed E-state index contributed by atoms with van der Waals surface area (Å²) in [6, 6.07) is 5.85. The van der Waals surface area contributed by atoms with Gasteiger partial charge >= 0.3 is 0 Å². The van der Waals surface area contributed by atoms with E-state index in [2.05, 4.69) is 4.90 Å². The van der Waals surface area contributed by atoms with E-state index in [9.17, 15) is 4.79 Å². The molecular weight excluding hydrogens is 230 g/mol. The molecule has 1 aromatic carbocycles. The van der Waals surface area contributed by atoms with Crippen molar-refractivity contribution < 1.29 is 14.6 Å². The molecule has 0 unspecified atom stereocenters. The topological polar surface area (TPSA) is 49.8 Å². The number of carbonyl (C=O) groups is 1. The van der Waals surface area contributed by atoms with Crippen molar-refractivity contribution >= 4 is 12.0 Å². The molecule has 1 aliphatic rings. The molecule has 2 rings (SSSR count). The van der Waals surface area contributed by atoms with E-state index in [1.807, 2.05) is 18.2 Å². The number of aldehydes is 1. The molecule has 0 saturated carbocycles. The van der Waals surface area contributed by atoms with Crippen molar-refractivity contribution in [2.75, 3.05) is 37.8 Å². The molecule has 18 heavy (non-hydrogen) atoms. The van der Waals surface area contributed by atoms with Gasteiger partial charge in [0.2, 0.25) is 0 Å². The molecule has 4 nitrogen and oxygen atoms in total. The molecule has 98 valence electrons. The molecule has 1 aromatic rings. The molecule has 0 radical (unpaired) electrons. The Bertz CT molecular complexity index is 406. The summed E-state index contributed by atoms with van der Waals surface area (Å²) in [4.78, 5) is 13.0. The van der Waals surface area contributed by atoms with E-state index in [1.165, 1.54) is 11.3 Å². The Morgan fingerprint density at radius 3 is 3.06 bits per heavy atom. The van der Waals surface area contributed by atoms with Gasteiger partial charge in [-0.05, 0) is 36.6 Å². The van der Waals surface area contributed by atoms with Crippen LogP contribution in [-0.2, 0) is 11.2 Å². The standard InChI is InChI=1S/C14H19NO3/c16-7-9-18-8-6-15-5-1-2-13-10-12(11-17)3-4-14(13)15/h3-4,10-11,16H,1-2,5-9H2. The first-order valence-electron chi connectivity index (χ1n) is 6.37. The van der Waals surface area contributed by atoms with Gasteiger partial charge in [0, 0.05) is 24.3 Å². The fraction of sp³-hybridized carbons (Fsp3) is 0.500. The van der Waals surface area contributed by atoms with Crippen LogP contribution in [0.2, 0.25) is 0 Å². The third-order valence-corrected chi connectivity index (χ3v) is 3.20. The molecule has 0 aromatic heterocycles. The van der Waals surface area contributed by atoms with Crippen molar-refractivity contribution in [3.63, 3.8) is 0 Å². The first kappa shape index (κ1) is 13.1. The summed E-state index contributed by atoms with van der Waals surface area (Å²) in [5.41, 5.74) is 3.19. The number of fused-ring (bicyclic) bond motifs is 1. The lowest BCUT2D eigenvalue weighted by Crippen LogP contribution is -2.32. The lowest BCUT2D eigenvalue weighted by Gasteiger charge is -2.31. The van der Waals surface area contributed by atoms with Crippen LogP contribution >= 0.6 is 0 Å². The van der Waals surface area contributed by atoms with Gasteiger partial charge in [-0.15, -0.1) is 0 Å². The molecule has 1 aliphatic heterocycles. The van der Waals surface area contributed by atoms with Crippen LogP contribution in [0.4, 0.5) is 5.69 Å². The number of rotatable bonds is 6. The van der Waals surface area contributed by atoms with E-state index in [-0.39, 0.29) is 6.61 Å². The van der Waals surface area contributed by atoms with Gasteiger partial charge in [0.25, 0.3) is 0 Å². The largest absolute Gasteiger partial charge is 0.394 e. The SMILES string of the molecule is O=Cc1ccc2c(c1)CCCN2CCOCCO. The highest BCUT2D eigenvalue weighted by Crippen LogP contribution is 2.27. The van der Waals surface area contributed by atoms with E-state index < -0.39 is 0 Å². The number of hydrogen-bond acceptors (Lipinski definition) is 4. The van der Waals surface area contributed by atoms with Crippen molar-refractivity contribution in [1.29, 1.82) is 0 Å². The highest BCUT2D eigenvalue weighted by molar-refractivity contribution is 5.77. The van der Waals surface area contributed by atoms with Crippen molar-refractivity contribution in [3.8, 4) is 0 Å². The lowest BCUT2D eigenvalue weighted by molar-refractivity contribution is 0.0965. The van der Waals surface area contributed by atoms with E-state index in [0.29, 0.717) is 13.2 Å². The number of aryl methyl sites for hydroxylation is 1. The van der Waals surface area contributed by atoms with Crippen molar-refractivity contribution in [2.24, 2.45) is 0 Å². The number of nitrogens with zero attached hydrogens (tertiary/aromatic N) is 1. The summed E-state index contributed by atoms with van der Waals surface area (Å²) < 4.78 is 5.30. The summed E-state index contributed by atoms with van der Waals surface area (Å²) in [7, 11) is 0. The summed E-state index contributed by atoms with van der Waals surface area (Å²) in [5.74, 6) is 0. The van der Waals surface area contributed by atoms with Gasteiger partial charge in [-0.2, -0.15) is 0 Å². The Kier molecular flexibility index (Phi) is 4.73. The summed E-state index contributed by atoms with van der Waals surface area (Å²) in [6.07, 6.45) is 3.03. The Labute approximate surface area is 107 Å². The summed E-state index contributed by atoms with van der Waals surface area (Å²) in [5, 5.41) is 8.65. The molecule has 1 N–H and O–H groups in total. The Balaban J connectivity index is 2.01. The maximum atomic E-state index is 10.8. The molecule has 0 fully saturated rings.